The van der Waals surface area contributed by atoms with Crippen molar-refractivity contribution in [1.82, 2.24) is 5.32 Å². The topological polar surface area (TPSA) is 12.0 Å². The van der Waals surface area contributed by atoms with Crippen molar-refractivity contribution in [2.45, 2.75) is 115 Å². The summed E-state index contributed by atoms with van der Waals surface area (Å²) in [5.74, 6) is 1.68. The maximum absolute atomic E-state index is 12.7. The predicted molar refractivity (Wildman–Crippen MR) is 194 cm³/mol. The summed E-state index contributed by atoms with van der Waals surface area (Å²) < 4.78 is 12.7. The Morgan fingerprint density at radius 2 is 1.49 bits per heavy atom. The van der Waals surface area contributed by atoms with Gasteiger partial charge in [-0.2, -0.15) is 0 Å². The summed E-state index contributed by atoms with van der Waals surface area (Å²) in [5, 5.41) is 3.01. The van der Waals surface area contributed by atoms with Gasteiger partial charge in [0.05, 0.1) is 0 Å². The van der Waals surface area contributed by atoms with E-state index in [4.69, 9.17) is 0 Å². The SMILES string of the molecule is C=CC(C1=CCC(C)C=C1C)=C(C(C)C)C(C)C.CC.CCCC.CCc1ccccc1.CNCc1ccc(F)c(C)c1. The third-order valence-electron chi connectivity index (χ3n) is 7.06. The second-order valence-corrected chi connectivity index (χ2v) is 11.5. The van der Waals surface area contributed by atoms with Crippen LogP contribution in [0.3, 0.4) is 0 Å². The lowest BCUT2D eigenvalue weighted by molar-refractivity contribution is 0.617. The zero-order chi connectivity index (χ0) is 33.4. The van der Waals surface area contributed by atoms with Crippen molar-refractivity contribution in [3.05, 3.63) is 118 Å². The van der Waals surface area contributed by atoms with E-state index in [0.717, 1.165) is 24.9 Å². The number of nitrogens with one attached hydrogen (secondary N) is 1. The van der Waals surface area contributed by atoms with Gasteiger partial charge in [0.1, 0.15) is 5.82 Å². The van der Waals surface area contributed by atoms with Gasteiger partial charge >= 0.3 is 0 Å². The molecule has 1 unspecified atom stereocenters. The summed E-state index contributed by atoms with van der Waals surface area (Å²) in [4.78, 5) is 0. The fourth-order valence-electron chi connectivity index (χ4n) is 4.78. The molecule has 2 aromatic rings. The van der Waals surface area contributed by atoms with Gasteiger partial charge in [0.2, 0.25) is 0 Å². The molecule has 0 saturated carbocycles. The average molecular weight is 592 g/mol. The van der Waals surface area contributed by atoms with Crippen LogP contribution in [-0.2, 0) is 13.0 Å². The first-order valence-corrected chi connectivity index (χ1v) is 16.7. The third kappa shape index (κ3) is 17.9. The van der Waals surface area contributed by atoms with Gasteiger partial charge in [-0.15, -0.1) is 0 Å². The van der Waals surface area contributed by atoms with Gasteiger partial charge in [-0.3, -0.25) is 0 Å². The Kier molecular flexibility index (Phi) is 25.4. The Morgan fingerprint density at radius 1 is 0.930 bits per heavy atom. The van der Waals surface area contributed by atoms with Crippen molar-refractivity contribution in [2.75, 3.05) is 7.05 Å². The van der Waals surface area contributed by atoms with E-state index in [2.05, 4.69) is 117 Å². The second-order valence-electron chi connectivity index (χ2n) is 11.5. The van der Waals surface area contributed by atoms with Crippen LogP contribution in [0.5, 0.6) is 0 Å². The van der Waals surface area contributed by atoms with Crippen LogP contribution in [0.1, 0.15) is 112 Å². The normalized spacial score (nSPS) is 13.3. The van der Waals surface area contributed by atoms with Crippen LogP contribution in [0.2, 0.25) is 0 Å². The van der Waals surface area contributed by atoms with Crippen LogP contribution in [-0.4, -0.2) is 7.05 Å². The molecule has 2 aromatic carbocycles. The first kappa shape index (κ1) is 42.4. The van der Waals surface area contributed by atoms with Crippen LogP contribution in [0.4, 0.5) is 4.39 Å². The minimum atomic E-state index is -0.134. The molecule has 242 valence electrons. The highest BCUT2D eigenvalue weighted by Gasteiger charge is 2.18. The molecule has 1 aliphatic carbocycles. The van der Waals surface area contributed by atoms with E-state index < -0.39 is 0 Å². The summed E-state index contributed by atoms with van der Waals surface area (Å²) in [6, 6.07) is 15.6. The molecule has 3 rings (SSSR count). The van der Waals surface area contributed by atoms with Gasteiger partial charge in [0.15, 0.2) is 0 Å². The Balaban J connectivity index is 0. The Morgan fingerprint density at radius 3 is 1.86 bits per heavy atom. The lowest BCUT2D eigenvalue weighted by atomic mass is 9.80. The molecule has 0 fully saturated rings. The first-order chi connectivity index (χ1) is 20.5. The van der Waals surface area contributed by atoms with Crippen molar-refractivity contribution in [2.24, 2.45) is 17.8 Å². The summed E-state index contributed by atoms with van der Waals surface area (Å²) >= 11 is 0. The van der Waals surface area contributed by atoms with Gasteiger partial charge in [0, 0.05) is 6.54 Å². The van der Waals surface area contributed by atoms with E-state index in [9.17, 15) is 4.39 Å². The number of hydrogen-bond donors (Lipinski definition) is 1. The van der Waals surface area contributed by atoms with Crippen molar-refractivity contribution in [3.63, 3.8) is 0 Å². The van der Waals surface area contributed by atoms with E-state index in [1.807, 2.05) is 33.0 Å². The molecule has 0 aromatic heterocycles. The number of allylic oxidation sites excluding steroid dienone is 7. The number of rotatable bonds is 8. The molecule has 2 heteroatoms. The summed E-state index contributed by atoms with van der Waals surface area (Å²) in [7, 11) is 1.87. The minimum Gasteiger partial charge on any atom is -0.316 e. The number of hydrogen-bond acceptors (Lipinski definition) is 1. The highest BCUT2D eigenvalue weighted by molar-refractivity contribution is 5.54. The van der Waals surface area contributed by atoms with E-state index in [1.54, 1.807) is 13.0 Å². The standard InChI is InChI=1S/C18H28.C9H12FN.C8H10.C4H10.C2H6/c1-8-16(18(12(2)3)13(4)5)17-10-9-14(6)11-15(17)7;1-7-5-8(6-11-2)3-4-9(7)10;1-2-8-6-4-3-5-7-8;1-3-4-2;1-2/h8,10-14H,1,9H2,2-7H3;3-5,11H,6H2,1-2H3;3-7H,2H2,1H3;3-4H2,1-2H3;1-2H3. The molecular formula is C41H66FN. The van der Waals surface area contributed by atoms with Gasteiger partial charge in [0.25, 0.3) is 0 Å². The van der Waals surface area contributed by atoms with Crippen LogP contribution >= 0.6 is 0 Å². The molecule has 1 atom stereocenters. The summed E-state index contributed by atoms with van der Waals surface area (Å²) in [5.41, 5.74) is 8.93. The lowest BCUT2D eigenvalue weighted by Gasteiger charge is -2.25. The molecule has 0 heterocycles. The van der Waals surface area contributed by atoms with E-state index in [-0.39, 0.29) is 5.82 Å². The van der Waals surface area contributed by atoms with Gasteiger partial charge in [-0.1, -0.05) is 155 Å². The monoisotopic (exact) mass is 592 g/mol. The average Bonchev–Trinajstić information content (AvgIpc) is 3.00. The Bertz CT molecular complexity index is 1070. The predicted octanol–water partition coefficient (Wildman–Crippen LogP) is 12.6. The number of aryl methyl sites for hydroxylation is 2. The van der Waals surface area contributed by atoms with E-state index in [0.29, 0.717) is 23.3 Å². The van der Waals surface area contributed by atoms with E-state index in [1.165, 1.54) is 46.8 Å². The molecule has 43 heavy (non-hydrogen) atoms. The molecule has 1 N–H and O–H groups in total. The maximum atomic E-state index is 12.7. The summed E-state index contributed by atoms with van der Waals surface area (Å²) in [6.07, 6.45) is 11.8. The molecular weight excluding hydrogens is 525 g/mol. The fraction of sp³-hybridized carbons (Fsp3) is 0.512. The van der Waals surface area contributed by atoms with Crippen molar-refractivity contribution in [3.8, 4) is 0 Å². The molecule has 0 bridgehead atoms. The van der Waals surface area contributed by atoms with Crippen molar-refractivity contribution >= 4 is 0 Å². The van der Waals surface area contributed by atoms with Crippen LogP contribution < -0.4 is 5.32 Å². The number of unbranched alkanes of at least 4 members (excludes halogenated alkanes) is 1. The maximum Gasteiger partial charge on any atom is 0.126 e. The highest BCUT2D eigenvalue weighted by atomic mass is 19.1. The number of halogens is 1. The molecule has 0 saturated heterocycles. The zero-order valence-electron chi connectivity index (χ0n) is 30.2. The molecule has 1 aliphatic rings. The van der Waals surface area contributed by atoms with Crippen molar-refractivity contribution < 1.29 is 4.39 Å². The quantitative estimate of drug-likeness (QED) is 0.301. The van der Waals surface area contributed by atoms with Crippen LogP contribution in [0, 0.1) is 30.5 Å². The smallest absolute Gasteiger partial charge is 0.126 e. The van der Waals surface area contributed by atoms with Crippen LogP contribution in [0.25, 0.3) is 0 Å². The minimum absolute atomic E-state index is 0.134. The fourth-order valence-corrected chi connectivity index (χ4v) is 4.78. The lowest BCUT2D eigenvalue weighted by Crippen LogP contribution is -2.09. The molecule has 0 spiro atoms. The Labute approximate surface area is 267 Å². The number of benzene rings is 2. The third-order valence-corrected chi connectivity index (χ3v) is 7.06. The molecule has 1 nitrogen and oxygen atoms in total. The first-order valence-electron chi connectivity index (χ1n) is 16.7. The second kappa shape index (κ2) is 25.8. The van der Waals surface area contributed by atoms with Gasteiger partial charge < -0.3 is 5.32 Å². The molecule has 0 radical (unpaired) electrons. The largest absolute Gasteiger partial charge is 0.316 e. The summed E-state index contributed by atoms with van der Waals surface area (Å²) in [6.45, 7) is 30.8. The zero-order valence-corrected chi connectivity index (χ0v) is 30.2. The van der Waals surface area contributed by atoms with Gasteiger partial charge in [-0.05, 0) is 91.0 Å². The highest BCUT2D eigenvalue weighted by Crippen LogP contribution is 2.34. The molecule has 0 amide bonds. The van der Waals surface area contributed by atoms with Crippen LogP contribution in [0.15, 0.2) is 95.6 Å². The van der Waals surface area contributed by atoms with Crippen molar-refractivity contribution in [1.29, 1.82) is 0 Å². The van der Waals surface area contributed by atoms with E-state index >= 15 is 0 Å². The Hall–Kier alpha value is -2.71. The molecule has 0 aliphatic heterocycles. The van der Waals surface area contributed by atoms with Gasteiger partial charge in [-0.25, -0.2) is 4.39 Å².